The van der Waals surface area contributed by atoms with Crippen LogP contribution in [-0.4, -0.2) is 31.9 Å². The Morgan fingerprint density at radius 2 is 2.14 bits per heavy atom. The Labute approximate surface area is 128 Å². The van der Waals surface area contributed by atoms with Crippen LogP contribution in [0.2, 0.25) is 0 Å². The van der Waals surface area contributed by atoms with Crippen molar-refractivity contribution in [1.29, 1.82) is 0 Å². The van der Waals surface area contributed by atoms with Gasteiger partial charge in [-0.2, -0.15) is 0 Å². The molecule has 2 aromatic rings. The van der Waals surface area contributed by atoms with E-state index in [1.807, 2.05) is 0 Å². The topological polar surface area (TPSA) is 111 Å². The van der Waals surface area contributed by atoms with Crippen molar-refractivity contribution in [2.24, 2.45) is 0 Å². The third kappa shape index (κ3) is 2.46. The number of aromatic carboxylic acids is 1. The number of carbonyl (C=O) groups is 2. The Balaban J connectivity index is 1.83. The van der Waals surface area contributed by atoms with Gasteiger partial charge in [-0.3, -0.25) is 4.79 Å². The third-order valence-corrected chi connectivity index (χ3v) is 4.17. The van der Waals surface area contributed by atoms with E-state index >= 15 is 0 Å². The summed E-state index contributed by atoms with van der Waals surface area (Å²) in [6.07, 6.45) is 5.37. The summed E-state index contributed by atoms with van der Waals surface area (Å²) < 4.78 is 0.793. The predicted octanol–water partition coefficient (Wildman–Crippen LogP) is 2.01. The highest BCUT2D eigenvalue weighted by atomic mass is 79.9. The molecule has 21 heavy (non-hydrogen) atoms. The summed E-state index contributed by atoms with van der Waals surface area (Å²) in [6.45, 7) is 0. The van der Waals surface area contributed by atoms with Crippen molar-refractivity contribution in [3.63, 3.8) is 0 Å². The molecule has 0 saturated heterocycles. The minimum Gasteiger partial charge on any atom is -0.477 e. The number of hydrogen-bond donors (Lipinski definition) is 4. The van der Waals surface area contributed by atoms with Gasteiger partial charge in [0.2, 0.25) is 0 Å². The number of carboxylic acids is 1. The van der Waals surface area contributed by atoms with E-state index in [1.165, 1.54) is 6.20 Å². The third-order valence-electron chi connectivity index (χ3n) is 3.71. The molecule has 3 rings (SSSR count). The lowest BCUT2D eigenvalue weighted by molar-refractivity contribution is 0.0690. The Hall–Kier alpha value is -2.09. The Kier molecular flexibility index (Phi) is 3.32. The first-order valence-electron chi connectivity index (χ1n) is 6.45. The second-order valence-corrected chi connectivity index (χ2v) is 5.99. The van der Waals surface area contributed by atoms with Crippen molar-refractivity contribution >= 4 is 27.8 Å². The molecule has 1 aliphatic carbocycles. The first kappa shape index (κ1) is 13.9. The molecular formula is C13H13BrN4O3. The van der Waals surface area contributed by atoms with E-state index in [-0.39, 0.29) is 11.6 Å². The molecule has 0 unspecified atom stereocenters. The number of carbonyl (C=O) groups excluding carboxylic acids is 1. The molecule has 2 aromatic heterocycles. The highest BCUT2D eigenvalue weighted by Crippen LogP contribution is 2.40. The second-order valence-electron chi connectivity index (χ2n) is 5.07. The molecule has 110 valence electrons. The maximum Gasteiger partial charge on any atom is 0.353 e. The molecule has 8 heteroatoms. The minimum absolute atomic E-state index is 0.0214. The molecule has 0 aliphatic heterocycles. The number of carboxylic acid groups (broad SMARTS) is 1. The second kappa shape index (κ2) is 5.03. The molecule has 4 N–H and O–H groups in total. The van der Waals surface area contributed by atoms with Gasteiger partial charge in [-0.05, 0) is 41.3 Å². The Bertz CT molecular complexity index is 702. The zero-order chi connectivity index (χ0) is 15.0. The number of amides is 1. The van der Waals surface area contributed by atoms with Crippen LogP contribution in [0.1, 0.15) is 46.1 Å². The van der Waals surface area contributed by atoms with E-state index in [4.69, 9.17) is 5.11 Å². The largest absolute Gasteiger partial charge is 0.477 e. The van der Waals surface area contributed by atoms with Crippen LogP contribution in [-0.2, 0) is 5.54 Å². The fourth-order valence-corrected chi connectivity index (χ4v) is 2.75. The molecule has 0 radical (unpaired) electrons. The lowest BCUT2D eigenvalue weighted by Crippen LogP contribution is -2.51. The quantitative estimate of drug-likeness (QED) is 0.674. The van der Waals surface area contributed by atoms with Crippen molar-refractivity contribution < 1.29 is 14.7 Å². The molecule has 0 bridgehead atoms. The summed E-state index contributed by atoms with van der Waals surface area (Å²) in [5.74, 6) is -0.818. The zero-order valence-corrected chi connectivity index (χ0v) is 12.5. The van der Waals surface area contributed by atoms with Gasteiger partial charge in [0.25, 0.3) is 5.91 Å². The van der Waals surface area contributed by atoms with Crippen LogP contribution in [0.4, 0.5) is 0 Å². The van der Waals surface area contributed by atoms with Gasteiger partial charge in [0.15, 0.2) is 0 Å². The van der Waals surface area contributed by atoms with Gasteiger partial charge in [0.1, 0.15) is 17.2 Å². The monoisotopic (exact) mass is 352 g/mol. The smallest absolute Gasteiger partial charge is 0.353 e. The van der Waals surface area contributed by atoms with E-state index in [2.05, 4.69) is 36.2 Å². The van der Waals surface area contributed by atoms with E-state index < -0.39 is 11.5 Å². The number of aromatic nitrogens is 3. The van der Waals surface area contributed by atoms with Gasteiger partial charge in [0.05, 0.1) is 11.7 Å². The van der Waals surface area contributed by atoms with Gasteiger partial charge >= 0.3 is 5.97 Å². The number of halogens is 1. The highest BCUT2D eigenvalue weighted by Gasteiger charge is 2.43. The average molecular weight is 353 g/mol. The number of imidazole rings is 1. The first-order chi connectivity index (χ1) is 10.00. The summed E-state index contributed by atoms with van der Waals surface area (Å²) >= 11 is 3.28. The van der Waals surface area contributed by atoms with Gasteiger partial charge in [0, 0.05) is 10.7 Å². The fourth-order valence-electron chi connectivity index (χ4n) is 2.41. The maximum absolute atomic E-state index is 12.3. The number of nitrogens with zero attached hydrogens (tertiary/aromatic N) is 1. The summed E-state index contributed by atoms with van der Waals surface area (Å²) in [5.41, 5.74) is -0.145. The number of hydrogen-bond acceptors (Lipinski definition) is 3. The number of H-pyrrole nitrogens is 2. The van der Waals surface area contributed by atoms with Crippen LogP contribution in [0.5, 0.6) is 0 Å². The van der Waals surface area contributed by atoms with Gasteiger partial charge < -0.3 is 20.4 Å². The van der Waals surface area contributed by atoms with Crippen molar-refractivity contribution in [3.8, 4) is 0 Å². The molecule has 1 saturated carbocycles. The molecule has 0 atom stereocenters. The van der Waals surface area contributed by atoms with Crippen LogP contribution in [0.3, 0.4) is 0 Å². The summed E-state index contributed by atoms with van der Waals surface area (Å²) in [5, 5.41) is 11.9. The molecule has 2 heterocycles. The Morgan fingerprint density at radius 3 is 2.62 bits per heavy atom. The van der Waals surface area contributed by atoms with Crippen molar-refractivity contribution in [3.05, 3.63) is 40.1 Å². The average Bonchev–Trinajstić information content (AvgIpc) is 3.02. The normalized spacial score (nSPS) is 16.2. The van der Waals surface area contributed by atoms with Crippen LogP contribution < -0.4 is 5.32 Å². The molecule has 0 aromatic carbocycles. The molecular weight excluding hydrogens is 340 g/mol. The molecule has 1 amide bonds. The van der Waals surface area contributed by atoms with E-state index in [0.29, 0.717) is 11.5 Å². The minimum atomic E-state index is -1.07. The standard InChI is InChI=1S/C13H13BrN4O3/c14-7-4-8(15-5-7)10(19)18-13(2-1-3-13)12-16-6-9(17-12)11(20)21/h4-6,15H,1-3H2,(H,16,17)(H,18,19)(H,20,21). The summed E-state index contributed by atoms with van der Waals surface area (Å²) in [4.78, 5) is 32.9. The van der Waals surface area contributed by atoms with Crippen molar-refractivity contribution in [2.75, 3.05) is 0 Å². The highest BCUT2D eigenvalue weighted by molar-refractivity contribution is 9.10. The van der Waals surface area contributed by atoms with Gasteiger partial charge in [-0.1, -0.05) is 0 Å². The maximum atomic E-state index is 12.3. The van der Waals surface area contributed by atoms with E-state index in [9.17, 15) is 9.59 Å². The summed E-state index contributed by atoms with van der Waals surface area (Å²) in [7, 11) is 0. The number of aromatic amines is 2. The van der Waals surface area contributed by atoms with E-state index in [0.717, 1.165) is 23.7 Å². The van der Waals surface area contributed by atoms with Gasteiger partial charge in [-0.25, -0.2) is 9.78 Å². The lowest BCUT2D eigenvalue weighted by atomic mass is 9.76. The number of nitrogens with one attached hydrogen (secondary N) is 3. The zero-order valence-electron chi connectivity index (χ0n) is 10.9. The molecule has 1 fully saturated rings. The van der Waals surface area contributed by atoms with Crippen LogP contribution in [0.15, 0.2) is 22.9 Å². The Morgan fingerprint density at radius 1 is 1.38 bits per heavy atom. The van der Waals surface area contributed by atoms with Crippen molar-refractivity contribution in [2.45, 2.75) is 24.8 Å². The molecule has 1 aliphatic rings. The van der Waals surface area contributed by atoms with E-state index in [1.54, 1.807) is 12.3 Å². The SMILES string of the molecule is O=C(O)c1cnc(C2(NC(=O)c3cc(Br)c[nH]3)CCC2)[nH]1. The van der Waals surface area contributed by atoms with Crippen molar-refractivity contribution in [1.82, 2.24) is 20.3 Å². The van der Waals surface area contributed by atoms with Crippen LogP contribution in [0, 0.1) is 0 Å². The van der Waals surface area contributed by atoms with Crippen LogP contribution in [0.25, 0.3) is 0 Å². The van der Waals surface area contributed by atoms with Crippen LogP contribution >= 0.6 is 15.9 Å². The lowest BCUT2D eigenvalue weighted by Gasteiger charge is -2.40. The molecule has 7 nitrogen and oxygen atoms in total. The number of rotatable bonds is 4. The fraction of sp³-hybridized carbons (Fsp3) is 0.308. The summed E-state index contributed by atoms with van der Waals surface area (Å²) in [6, 6.07) is 1.69. The van der Waals surface area contributed by atoms with Gasteiger partial charge in [-0.15, -0.1) is 0 Å². The molecule has 0 spiro atoms. The first-order valence-corrected chi connectivity index (χ1v) is 7.25. The predicted molar refractivity (Wildman–Crippen MR) is 77.0 cm³/mol.